The topological polar surface area (TPSA) is 79.3 Å². The molecular weight excluding hydrogens is 486 g/mol. The van der Waals surface area contributed by atoms with Crippen molar-refractivity contribution in [3.8, 4) is 0 Å². The van der Waals surface area contributed by atoms with Gasteiger partial charge >= 0.3 is 0 Å². The molecule has 0 spiro atoms. The van der Waals surface area contributed by atoms with Crippen LogP contribution in [0.3, 0.4) is 0 Å². The van der Waals surface area contributed by atoms with Crippen molar-refractivity contribution in [2.24, 2.45) is 4.99 Å². The summed E-state index contributed by atoms with van der Waals surface area (Å²) in [5, 5.41) is 0. The fourth-order valence-electron chi connectivity index (χ4n) is 4.94. The minimum atomic E-state index is -3.78. The lowest BCUT2D eigenvalue weighted by atomic mass is 10.1. The number of rotatable bonds is 5. The van der Waals surface area contributed by atoms with Gasteiger partial charge in [-0.25, -0.2) is 8.42 Å². The van der Waals surface area contributed by atoms with Crippen molar-refractivity contribution in [3.05, 3.63) is 95.1 Å². The maximum Gasteiger partial charge on any atom is 0.279 e. The summed E-state index contributed by atoms with van der Waals surface area (Å²) in [7, 11) is -3.78. The van der Waals surface area contributed by atoms with Crippen LogP contribution in [0, 0.1) is 0 Å². The van der Waals surface area contributed by atoms with Gasteiger partial charge in [0, 0.05) is 29.9 Å². The van der Waals surface area contributed by atoms with Crippen LogP contribution in [0.1, 0.15) is 47.8 Å². The maximum absolute atomic E-state index is 13.4. The average molecular weight is 518 g/mol. The van der Waals surface area contributed by atoms with Gasteiger partial charge in [0.05, 0.1) is 23.6 Å². The number of anilines is 1. The third kappa shape index (κ3) is 5.09. The van der Waals surface area contributed by atoms with E-state index in [-0.39, 0.29) is 35.8 Å². The zero-order chi connectivity index (χ0) is 26.2. The number of benzene rings is 3. The third-order valence-corrected chi connectivity index (χ3v) is 8.64. The third-order valence-electron chi connectivity index (χ3n) is 6.81. The average Bonchev–Trinajstić information content (AvgIpc) is 3.26. The standard InChI is InChI=1S/C29H31N3O4S/c1-4-22-12-14-25(15-13-22)32-19-24-8-5-6-11-27(24)28(32)30-29(33)23-9-7-10-26(16-23)37(34,35)31-17-20(2)36-21(3)18-31/h5-16,20-21H,4,17-19H2,1-3H3/t20-,21+. The lowest BCUT2D eigenvalue weighted by Crippen LogP contribution is -2.48. The molecule has 37 heavy (non-hydrogen) atoms. The van der Waals surface area contributed by atoms with Crippen LogP contribution < -0.4 is 4.90 Å². The molecule has 2 heterocycles. The molecule has 0 unspecified atom stereocenters. The van der Waals surface area contributed by atoms with Gasteiger partial charge in [0.15, 0.2) is 0 Å². The second-order valence-corrected chi connectivity index (χ2v) is 11.5. The number of hydrogen-bond donors (Lipinski definition) is 0. The van der Waals surface area contributed by atoms with E-state index in [2.05, 4.69) is 24.0 Å². The van der Waals surface area contributed by atoms with Crippen molar-refractivity contribution in [2.75, 3.05) is 18.0 Å². The number of aryl methyl sites for hydroxylation is 1. The highest BCUT2D eigenvalue weighted by atomic mass is 32.2. The van der Waals surface area contributed by atoms with Gasteiger partial charge in [0.1, 0.15) is 5.84 Å². The van der Waals surface area contributed by atoms with Gasteiger partial charge in [0.25, 0.3) is 5.91 Å². The molecule has 1 saturated heterocycles. The van der Waals surface area contributed by atoms with Crippen LogP contribution in [0.25, 0.3) is 0 Å². The molecule has 192 valence electrons. The minimum Gasteiger partial charge on any atom is -0.373 e. The lowest BCUT2D eigenvalue weighted by Gasteiger charge is -2.34. The molecule has 8 heteroatoms. The minimum absolute atomic E-state index is 0.0821. The van der Waals surface area contributed by atoms with Gasteiger partial charge in [-0.1, -0.05) is 49.4 Å². The number of carbonyl (C=O) groups excluding carboxylic acids is 1. The number of morpholine rings is 1. The van der Waals surface area contributed by atoms with Crippen LogP contribution >= 0.6 is 0 Å². The second-order valence-electron chi connectivity index (χ2n) is 9.61. The normalized spacial score (nSPS) is 21.3. The molecule has 0 aromatic heterocycles. The first-order valence-electron chi connectivity index (χ1n) is 12.6. The van der Waals surface area contributed by atoms with Crippen molar-refractivity contribution < 1.29 is 17.9 Å². The maximum atomic E-state index is 13.4. The zero-order valence-corrected chi connectivity index (χ0v) is 22.1. The van der Waals surface area contributed by atoms with Gasteiger partial charge in [-0.05, 0) is 61.7 Å². The monoisotopic (exact) mass is 517 g/mol. The van der Waals surface area contributed by atoms with E-state index in [0.717, 1.165) is 23.2 Å². The van der Waals surface area contributed by atoms with Crippen molar-refractivity contribution in [2.45, 2.75) is 50.8 Å². The Balaban J connectivity index is 1.48. The molecule has 7 nitrogen and oxygen atoms in total. The Morgan fingerprint density at radius 3 is 2.38 bits per heavy atom. The van der Waals surface area contributed by atoms with E-state index in [1.807, 2.05) is 55.1 Å². The Morgan fingerprint density at radius 2 is 1.68 bits per heavy atom. The summed E-state index contributed by atoms with van der Waals surface area (Å²) < 4.78 is 33.8. The van der Waals surface area contributed by atoms with Crippen LogP contribution in [0.5, 0.6) is 0 Å². The van der Waals surface area contributed by atoms with E-state index in [1.165, 1.54) is 22.0 Å². The molecule has 0 bridgehead atoms. The van der Waals surface area contributed by atoms with Crippen molar-refractivity contribution in [1.29, 1.82) is 0 Å². The number of hydrogen-bond acceptors (Lipinski definition) is 4. The molecular formula is C29H31N3O4S. The molecule has 5 rings (SSSR count). The molecule has 3 aromatic rings. The van der Waals surface area contributed by atoms with Gasteiger partial charge < -0.3 is 9.64 Å². The van der Waals surface area contributed by atoms with E-state index in [4.69, 9.17) is 4.74 Å². The quantitative estimate of drug-likeness (QED) is 0.492. The Hall–Kier alpha value is -3.33. The van der Waals surface area contributed by atoms with Crippen LogP contribution in [-0.2, 0) is 27.7 Å². The summed E-state index contributed by atoms with van der Waals surface area (Å²) in [5.41, 5.74) is 4.40. The van der Waals surface area contributed by atoms with Crippen molar-refractivity contribution in [1.82, 2.24) is 4.31 Å². The van der Waals surface area contributed by atoms with E-state index in [1.54, 1.807) is 12.1 Å². The SMILES string of the molecule is CCc1ccc(N2Cc3ccccc3C2=NC(=O)c2cccc(S(=O)(=O)N3C[C@@H](C)O[C@@H](C)C3)c2)cc1. The van der Waals surface area contributed by atoms with Crippen LogP contribution in [0.2, 0.25) is 0 Å². The zero-order valence-electron chi connectivity index (χ0n) is 21.3. The summed E-state index contributed by atoms with van der Waals surface area (Å²) >= 11 is 0. The number of ether oxygens (including phenoxy) is 1. The number of amidine groups is 1. The van der Waals surface area contributed by atoms with E-state index < -0.39 is 15.9 Å². The molecule has 2 atom stereocenters. The number of carbonyl (C=O) groups is 1. The predicted molar refractivity (Wildman–Crippen MR) is 145 cm³/mol. The van der Waals surface area contributed by atoms with Gasteiger partial charge in [0.2, 0.25) is 10.0 Å². The first kappa shape index (κ1) is 25.3. The van der Waals surface area contributed by atoms with Gasteiger partial charge in [-0.2, -0.15) is 9.30 Å². The molecule has 0 radical (unpaired) electrons. The number of amides is 1. The fraction of sp³-hybridized carbons (Fsp3) is 0.310. The highest BCUT2D eigenvalue weighted by Crippen LogP contribution is 2.30. The highest BCUT2D eigenvalue weighted by molar-refractivity contribution is 7.89. The Kier molecular flexibility index (Phi) is 6.98. The van der Waals surface area contributed by atoms with Crippen LogP contribution in [0.4, 0.5) is 5.69 Å². The number of aliphatic imine (C=N–C) groups is 1. The molecule has 0 saturated carbocycles. The predicted octanol–water partition coefficient (Wildman–Crippen LogP) is 4.65. The molecule has 2 aliphatic heterocycles. The second kappa shape index (κ2) is 10.2. The van der Waals surface area contributed by atoms with Crippen molar-refractivity contribution >= 4 is 27.5 Å². The Morgan fingerprint density at radius 1 is 0.973 bits per heavy atom. The van der Waals surface area contributed by atoms with Crippen molar-refractivity contribution in [3.63, 3.8) is 0 Å². The summed E-state index contributed by atoms with van der Waals surface area (Å²) in [5.74, 6) is 0.0802. The largest absolute Gasteiger partial charge is 0.373 e. The summed E-state index contributed by atoms with van der Waals surface area (Å²) in [6, 6.07) is 22.3. The summed E-state index contributed by atoms with van der Waals surface area (Å²) in [4.78, 5) is 20.0. The van der Waals surface area contributed by atoms with Gasteiger partial charge in [-0.15, -0.1) is 0 Å². The Labute approximate surface area is 218 Å². The molecule has 0 aliphatic carbocycles. The first-order chi connectivity index (χ1) is 17.8. The van der Waals surface area contributed by atoms with E-state index in [9.17, 15) is 13.2 Å². The number of nitrogens with zero attached hydrogens (tertiary/aromatic N) is 3. The summed E-state index contributed by atoms with van der Waals surface area (Å²) in [6.45, 7) is 6.98. The van der Waals surface area contributed by atoms with Crippen LogP contribution in [0.15, 0.2) is 82.7 Å². The molecule has 0 N–H and O–H groups in total. The lowest BCUT2D eigenvalue weighted by molar-refractivity contribution is -0.0440. The number of sulfonamides is 1. The number of fused-ring (bicyclic) bond motifs is 1. The van der Waals surface area contributed by atoms with E-state index >= 15 is 0 Å². The molecule has 2 aliphatic rings. The van der Waals surface area contributed by atoms with Crippen LogP contribution in [-0.4, -0.2) is 49.8 Å². The van der Waals surface area contributed by atoms with Gasteiger partial charge in [-0.3, -0.25) is 4.79 Å². The molecule has 1 fully saturated rings. The smallest absolute Gasteiger partial charge is 0.279 e. The highest BCUT2D eigenvalue weighted by Gasteiger charge is 2.33. The summed E-state index contributed by atoms with van der Waals surface area (Å²) in [6.07, 6.45) is 0.547. The first-order valence-corrected chi connectivity index (χ1v) is 14.0. The van der Waals surface area contributed by atoms with E-state index in [0.29, 0.717) is 12.4 Å². The fourth-order valence-corrected chi connectivity index (χ4v) is 6.58. The Bertz CT molecular complexity index is 1440. The molecule has 3 aromatic carbocycles. The molecule has 1 amide bonds.